The number of halogens is 1. The van der Waals surface area contributed by atoms with Crippen molar-refractivity contribution in [3.05, 3.63) is 36.3 Å². The molecule has 1 N–H and O–H groups in total. The third-order valence-electron chi connectivity index (χ3n) is 3.73. The van der Waals surface area contributed by atoms with E-state index in [1.807, 2.05) is 6.07 Å². The summed E-state index contributed by atoms with van der Waals surface area (Å²) in [6.07, 6.45) is 3.90. The van der Waals surface area contributed by atoms with Gasteiger partial charge in [0.25, 0.3) is 0 Å². The molecule has 0 unspecified atom stereocenters. The van der Waals surface area contributed by atoms with Crippen LogP contribution >= 0.6 is 0 Å². The lowest BCUT2D eigenvalue weighted by Crippen LogP contribution is -2.00. The van der Waals surface area contributed by atoms with Gasteiger partial charge in [-0.05, 0) is 37.1 Å². The first kappa shape index (κ1) is 12.3. The highest BCUT2D eigenvalue weighted by molar-refractivity contribution is 5.81. The topological polar surface area (TPSA) is 55.6 Å². The number of nitrogens with zero attached hydrogens (tertiary/aromatic N) is 4. The van der Waals surface area contributed by atoms with Crippen LogP contribution < -0.4 is 5.32 Å². The van der Waals surface area contributed by atoms with Crippen LogP contribution in [0.1, 0.15) is 18.9 Å². The predicted octanol–water partition coefficient (Wildman–Crippen LogP) is 3.01. The molecule has 0 radical (unpaired) electrons. The molecule has 1 aromatic carbocycles. The van der Waals surface area contributed by atoms with Crippen LogP contribution in [0.3, 0.4) is 0 Å². The molecule has 3 aromatic rings. The van der Waals surface area contributed by atoms with Crippen molar-refractivity contribution >= 4 is 16.9 Å². The van der Waals surface area contributed by atoms with Crippen molar-refractivity contribution in [2.75, 3.05) is 12.4 Å². The van der Waals surface area contributed by atoms with Crippen LogP contribution in [0.25, 0.3) is 22.4 Å². The van der Waals surface area contributed by atoms with Gasteiger partial charge in [0.1, 0.15) is 17.5 Å². The van der Waals surface area contributed by atoms with Crippen LogP contribution in [0.15, 0.2) is 30.5 Å². The smallest absolute Gasteiger partial charge is 0.149 e. The molecule has 1 aliphatic carbocycles. The van der Waals surface area contributed by atoms with Crippen molar-refractivity contribution in [3.8, 4) is 11.4 Å². The highest BCUT2D eigenvalue weighted by atomic mass is 19.1. The molecule has 0 spiro atoms. The van der Waals surface area contributed by atoms with E-state index in [4.69, 9.17) is 0 Å². The molecule has 21 heavy (non-hydrogen) atoms. The summed E-state index contributed by atoms with van der Waals surface area (Å²) in [4.78, 5) is 4.66. The SMILES string of the molecule is CNc1cc(-c2nc3ccc(F)cc3n2C2CC2)cnn1. The molecule has 2 aromatic heterocycles. The van der Waals surface area contributed by atoms with E-state index in [1.54, 1.807) is 25.4 Å². The van der Waals surface area contributed by atoms with Crippen LogP contribution in [-0.2, 0) is 0 Å². The van der Waals surface area contributed by atoms with Crippen molar-refractivity contribution in [2.24, 2.45) is 0 Å². The van der Waals surface area contributed by atoms with E-state index in [-0.39, 0.29) is 5.82 Å². The van der Waals surface area contributed by atoms with Crippen molar-refractivity contribution in [1.82, 2.24) is 19.7 Å². The van der Waals surface area contributed by atoms with Gasteiger partial charge in [0.15, 0.2) is 0 Å². The summed E-state index contributed by atoms with van der Waals surface area (Å²) in [7, 11) is 1.80. The summed E-state index contributed by atoms with van der Waals surface area (Å²) in [6, 6.07) is 7.03. The van der Waals surface area contributed by atoms with Crippen molar-refractivity contribution in [3.63, 3.8) is 0 Å². The summed E-state index contributed by atoms with van der Waals surface area (Å²) in [5.41, 5.74) is 2.54. The van der Waals surface area contributed by atoms with E-state index in [0.29, 0.717) is 11.9 Å². The highest BCUT2D eigenvalue weighted by Crippen LogP contribution is 2.41. The van der Waals surface area contributed by atoms with Gasteiger partial charge in [0, 0.05) is 18.7 Å². The first-order valence-corrected chi connectivity index (χ1v) is 6.94. The fourth-order valence-corrected chi connectivity index (χ4v) is 2.58. The second-order valence-corrected chi connectivity index (χ2v) is 5.25. The maximum absolute atomic E-state index is 13.6. The molecule has 5 nitrogen and oxygen atoms in total. The molecule has 1 fully saturated rings. The molecule has 4 rings (SSSR count). The third kappa shape index (κ3) is 2.03. The van der Waals surface area contributed by atoms with Gasteiger partial charge >= 0.3 is 0 Å². The van der Waals surface area contributed by atoms with Gasteiger partial charge in [-0.15, -0.1) is 5.10 Å². The van der Waals surface area contributed by atoms with E-state index < -0.39 is 0 Å². The Morgan fingerprint density at radius 1 is 1.29 bits per heavy atom. The van der Waals surface area contributed by atoms with Gasteiger partial charge in [-0.3, -0.25) is 0 Å². The van der Waals surface area contributed by atoms with Crippen LogP contribution in [0.2, 0.25) is 0 Å². The van der Waals surface area contributed by atoms with Gasteiger partial charge < -0.3 is 9.88 Å². The first-order valence-electron chi connectivity index (χ1n) is 6.94. The molecule has 0 saturated heterocycles. The van der Waals surface area contributed by atoms with E-state index in [1.165, 1.54) is 6.07 Å². The fraction of sp³-hybridized carbons (Fsp3) is 0.267. The summed E-state index contributed by atoms with van der Waals surface area (Å²) in [6.45, 7) is 0. The van der Waals surface area contributed by atoms with E-state index in [9.17, 15) is 4.39 Å². The van der Waals surface area contributed by atoms with Crippen molar-refractivity contribution < 1.29 is 4.39 Å². The van der Waals surface area contributed by atoms with Crippen LogP contribution in [0, 0.1) is 5.82 Å². The van der Waals surface area contributed by atoms with Crippen molar-refractivity contribution in [1.29, 1.82) is 0 Å². The zero-order valence-corrected chi connectivity index (χ0v) is 11.5. The van der Waals surface area contributed by atoms with Gasteiger partial charge in [-0.25, -0.2) is 9.37 Å². The lowest BCUT2D eigenvalue weighted by Gasteiger charge is -2.08. The first-order chi connectivity index (χ1) is 10.3. The number of hydrogen-bond donors (Lipinski definition) is 1. The molecule has 0 bridgehead atoms. The molecule has 6 heteroatoms. The molecular weight excluding hydrogens is 269 g/mol. The lowest BCUT2D eigenvalue weighted by atomic mass is 10.2. The van der Waals surface area contributed by atoms with Gasteiger partial charge in [0.2, 0.25) is 0 Å². The number of nitrogens with one attached hydrogen (secondary N) is 1. The maximum Gasteiger partial charge on any atom is 0.149 e. The van der Waals surface area contributed by atoms with E-state index in [2.05, 4.69) is 25.1 Å². The normalized spacial score (nSPS) is 14.6. The number of rotatable bonds is 3. The summed E-state index contributed by atoms with van der Waals surface area (Å²) < 4.78 is 15.7. The van der Waals surface area contributed by atoms with Gasteiger partial charge in [-0.1, -0.05) is 0 Å². The molecule has 106 valence electrons. The minimum atomic E-state index is -0.236. The number of benzene rings is 1. The Labute approximate surface area is 120 Å². The largest absolute Gasteiger partial charge is 0.372 e. The Morgan fingerprint density at radius 2 is 2.14 bits per heavy atom. The van der Waals surface area contributed by atoms with Crippen LogP contribution in [0.5, 0.6) is 0 Å². The highest BCUT2D eigenvalue weighted by Gasteiger charge is 2.29. The second-order valence-electron chi connectivity index (χ2n) is 5.25. The van der Waals surface area contributed by atoms with E-state index in [0.717, 1.165) is 35.3 Å². The fourth-order valence-electron chi connectivity index (χ4n) is 2.58. The minimum absolute atomic E-state index is 0.236. The Balaban J connectivity index is 1.97. The van der Waals surface area contributed by atoms with Gasteiger partial charge in [-0.2, -0.15) is 5.10 Å². The summed E-state index contributed by atoms with van der Waals surface area (Å²) in [5.74, 6) is 1.28. The quantitative estimate of drug-likeness (QED) is 0.802. The molecule has 0 aliphatic heterocycles. The molecule has 2 heterocycles. The summed E-state index contributed by atoms with van der Waals surface area (Å²) in [5, 5.41) is 11.0. The minimum Gasteiger partial charge on any atom is -0.372 e. The van der Waals surface area contributed by atoms with E-state index >= 15 is 0 Å². The van der Waals surface area contributed by atoms with Crippen LogP contribution in [0.4, 0.5) is 10.2 Å². The second kappa shape index (κ2) is 4.51. The summed E-state index contributed by atoms with van der Waals surface area (Å²) >= 11 is 0. The lowest BCUT2D eigenvalue weighted by molar-refractivity contribution is 0.628. The monoisotopic (exact) mass is 283 g/mol. The number of anilines is 1. The molecule has 0 amide bonds. The standard InChI is InChI=1S/C15H14FN5/c1-17-14-6-9(8-18-20-14)15-19-12-5-2-10(16)7-13(12)21(15)11-3-4-11/h2,5-8,11H,3-4H2,1H3,(H,17,20). The zero-order chi connectivity index (χ0) is 14.4. The number of imidazole rings is 1. The molecule has 1 saturated carbocycles. The molecule has 0 atom stereocenters. The van der Waals surface area contributed by atoms with Crippen LogP contribution in [-0.4, -0.2) is 26.8 Å². The Bertz CT molecular complexity index is 822. The maximum atomic E-state index is 13.6. The van der Waals surface area contributed by atoms with Crippen molar-refractivity contribution in [2.45, 2.75) is 18.9 Å². The predicted molar refractivity (Wildman–Crippen MR) is 78.5 cm³/mol. The Morgan fingerprint density at radius 3 is 2.90 bits per heavy atom. The Hall–Kier alpha value is -2.50. The average molecular weight is 283 g/mol. The number of fused-ring (bicyclic) bond motifs is 1. The zero-order valence-electron chi connectivity index (χ0n) is 11.5. The number of hydrogen-bond acceptors (Lipinski definition) is 4. The molecule has 1 aliphatic rings. The molecular formula is C15H14FN5. The Kier molecular flexibility index (Phi) is 2.63. The average Bonchev–Trinajstić information content (AvgIpc) is 3.28. The third-order valence-corrected chi connectivity index (χ3v) is 3.73. The number of aromatic nitrogens is 4. The van der Waals surface area contributed by atoms with Gasteiger partial charge in [0.05, 0.1) is 17.2 Å².